The number of anilines is 1. The van der Waals surface area contributed by atoms with Gasteiger partial charge in [-0.05, 0) is 49.6 Å². The van der Waals surface area contributed by atoms with E-state index in [-0.39, 0.29) is 36.1 Å². The topological polar surface area (TPSA) is 82.9 Å². The number of aryl methyl sites for hydroxylation is 1. The summed E-state index contributed by atoms with van der Waals surface area (Å²) < 4.78 is 5.97. The molecule has 158 valence electrons. The molecule has 2 aliphatic heterocycles. The Kier molecular flexibility index (Phi) is 5.94. The minimum atomic E-state index is -0.355. The molecule has 1 unspecified atom stereocenters. The third-order valence-corrected chi connectivity index (χ3v) is 6.74. The summed E-state index contributed by atoms with van der Waals surface area (Å²) in [5.41, 5.74) is 2.41. The SMILES string of the molecule is Cc1cc(N2CC(C(=O)NC3CCN(C(=O)c4ccoc4)CC3)CC2=O)ccc1Br. The van der Waals surface area contributed by atoms with E-state index in [4.69, 9.17) is 4.42 Å². The molecule has 1 N–H and O–H groups in total. The molecule has 0 saturated carbocycles. The number of carbonyl (C=O) groups excluding carboxylic acids is 3. The molecule has 8 heteroatoms. The van der Waals surface area contributed by atoms with Crippen molar-refractivity contribution in [2.75, 3.05) is 24.5 Å². The van der Waals surface area contributed by atoms with Crippen molar-refractivity contribution in [1.29, 1.82) is 0 Å². The maximum Gasteiger partial charge on any atom is 0.257 e. The molecule has 2 aromatic rings. The first-order valence-corrected chi connectivity index (χ1v) is 10.9. The van der Waals surface area contributed by atoms with Gasteiger partial charge in [0, 0.05) is 42.3 Å². The lowest BCUT2D eigenvalue weighted by molar-refractivity contribution is -0.127. The van der Waals surface area contributed by atoms with Gasteiger partial charge in [-0.3, -0.25) is 14.4 Å². The molecule has 3 amide bonds. The van der Waals surface area contributed by atoms with E-state index in [1.54, 1.807) is 15.9 Å². The number of likely N-dealkylation sites (tertiary alicyclic amines) is 1. The van der Waals surface area contributed by atoms with Crippen LogP contribution in [0.2, 0.25) is 0 Å². The minimum Gasteiger partial charge on any atom is -0.472 e. The van der Waals surface area contributed by atoms with Crippen LogP contribution in [0.25, 0.3) is 0 Å². The van der Waals surface area contributed by atoms with Crippen molar-refractivity contribution in [1.82, 2.24) is 10.2 Å². The van der Waals surface area contributed by atoms with Crippen LogP contribution in [0.5, 0.6) is 0 Å². The summed E-state index contributed by atoms with van der Waals surface area (Å²) in [5.74, 6) is -0.515. The number of hydrogen-bond acceptors (Lipinski definition) is 4. The van der Waals surface area contributed by atoms with E-state index >= 15 is 0 Å². The molecule has 2 aliphatic rings. The molecule has 0 radical (unpaired) electrons. The fourth-order valence-electron chi connectivity index (χ4n) is 4.04. The van der Waals surface area contributed by atoms with Crippen molar-refractivity contribution in [2.24, 2.45) is 5.92 Å². The first-order valence-electron chi connectivity index (χ1n) is 10.1. The number of benzene rings is 1. The lowest BCUT2D eigenvalue weighted by atomic mass is 10.0. The van der Waals surface area contributed by atoms with Gasteiger partial charge in [-0.2, -0.15) is 0 Å². The Hall–Kier alpha value is -2.61. The van der Waals surface area contributed by atoms with Crippen molar-refractivity contribution in [3.05, 3.63) is 52.4 Å². The number of rotatable bonds is 4. The van der Waals surface area contributed by atoms with Gasteiger partial charge in [0.05, 0.1) is 17.7 Å². The molecule has 30 heavy (non-hydrogen) atoms. The molecule has 2 saturated heterocycles. The number of carbonyl (C=O) groups is 3. The smallest absolute Gasteiger partial charge is 0.257 e. The summed E-state index contributed by atoms with van der Waals surface area (Å²) in [6.07, 6.45) is 4.56. The number of amides is 3. The number of halogens is 1. The van der Waals surface area contributed by atoms with Gasteiger partial charge >= 0.3 is 0 Å². The molecule has 1 aromatic heterocycles. The van der Waals surface area contributed by atoms with Crippen LogP contribution in [-0.4, -0.2) is 48.3 Å². The highest BCUT2D eigenvalue weighted by Crippen LogP contribution is 2.29. The predicted molar refractivity (Wildman–Crippen MR) is 115 cm³/mol. The summed E-state index contributed by atoms with van der Waals surface area (Å²) in [6.45, 7) is 3.54. The lowest BCUT2D eigenvalue weighted by Gasteiger charge is -2.32. The highest BCUT2D eigenvalue weighted by molar-refractivity contribution is 9.10. The van der Waals surface area contributed by atoms with Gasteiger partial charge < -0.3 is 19.5 Å². The molecule has 1 aromatic carbocycles. The number of nitrogens with zero attached hydrogens (tertiary/aromatic N) is 2. The number of nitrogens with one attached hydrogen (secondary N) is 1. The van der Waals surface area contributed by atoms with E-state index in [2.05, 4.69) is 21.2 Å². The maximum atomic E-state index is 12.8. The fraction of sp³-hybridized carbons (Fsp3) is 0.409. The van der Waals surface area contributed by atoms with Crippen LogP contribution in [0.15, 0.2) is 45.7 Å². The van der Waals surface area contributed by atoms with Crippen molar-refractivity contribution < 1.29 is 18.8 Å². The summed E-state index contributed by atoms with van der Waals surface area (Å²) in [4.78, 5) is 41.1. The maximum absolute atomic E-state index is 12.8. The standard InChI is InChI=1S/C22H24BrN3O4/c1-14-10-18(2-3-19(14)23)26-12-16(11-20(26)27)21(28)24-17-4-7-25(8-5-17)22(29)15-6-9-30-13-15/h2-3,6,9-10,13,16-17H,4-5,7-8,11-12H2,1H3,(H,24,28). The third kappa shape index (κ3) is 4.28. The van der Waals surface area contributed by atoms with Crippen molar-refractivity contribution in [3.63, 3.8) is 0 Å². The molecule has 4 rings (SSSR count). The third-order valence-electron chi connectivity index (χ3n) is 5.85. The molecule has 0 aliphatic carbocycles. The van der Waals surface area contributed by atoms with Gasteiger partial charge in [-0.1, -0.05) is 15.9 Å². The predicted octanol–water partition coefficient (Wildman–Crippen LogP) is 3.12. The monoisotopic (exact) mass is 473 g/mol. The zero-order valence-electron chi connectivity index (χ0n) is 16.8. The Morgan fingerprint density at radius 1 is 1.20 bits per heavy atom. The van der Waals surface area contributed by atoms with Gasteiger partial charge in [-0.15, -0.1) is 0 Å². The Bertz CT molecular complexity index is 951. The number of hydrogen-bond donors (Lipinski definition) is 1. The van der Waals surface area contributed by atoms with Crippen molar-refractivity contribution >= 4 is 39.3 Å². The van der Waals surface area contributed by atoms with Crippen LogP contribution in [0.1, 0.15) is 35.2 Å². The molecule has 3 heterocycles. The van der Waals surface area contributed by atoms with E-state index in [9.17, 15) is 14.4 Å². The van der Waals surface area contributed by atoms with Crippen LogP contribution < -0.4 is 10.2 Å². The van der Waals surface area contributed by atoms with Crippen LogP contribution in [-0.2, 0) is 9.59 Å². The number of furan rings is 1. The summed E-state index contributed by atoms with van der Waals surface area (Å²) in [6, 6.07) is 7.44. The second kappa shape index (κ2) is 8.63. The molecule has 2 fully saturated rings. The average molecular weight is 474 g/mol. The Morgan fingerprint density at radius 2 is 1.97 bits per heavy atom. The molecular weight excluding hydrogens is 450 g/mol. The summed E-state index contributed by atoms with van der Waals surface area (Å²) in [5, 5.41) is 3.09. The molecule has 0 spiro atoms. The first-order chi connectivity index (χ1) is 14.4. The van der Waals surface area contributed by atoms with Crippen LogP contribution in [0.4, 0.5) is 5.69 Å². The number of piperidine rings is 1. The van der Waals surface area contributed by atoms with Crippen molar-refractivity contribution in [2.45, 2.75) is 32.2 Å². The lowest BCUT2D eigenvalue weighted by Crippen LogP contribution is -2.48. The zero-order valence-corrected chi connectivity index (χ0v) is 18.4. The molecule has 0 bridgehead atoms. The van der Waals surface area contributed by atoms with Gasteiger partial charge in [0.15, 0.2) is 0 Å². The van der Waals surface area contributed by atoms with Gasteiger partial charge in [0.2, 0.25) is 11.8 Å². The molecule has 7 nitrogen and oxygen atoms in total. The molecular formula is C22H24BrN3O4. The second-order valence-electron chi connectivity index (χ2n) is 7.93. The first kappa shape index (κ1) is 20.7. The van der Waals surface area contributed by atoms with Crippen LogP contribution in [0, 0.1) is 12.8 Å². The zero-order chi connectivity index (χ0) is 21.3. The van der Waals surface area contributed by atoms with E-state index in [0.29, 0.717) is 38.0 Å². The van der Waals surface area contributed by atoms with Gasteiger partial charge in [0.25, 0.3) is 5.91 Å². The quantitative estimate of drug-likeness (QED) is 0.739. The van der Waals surface area contributed by atoms with E-state index < -0.39 is 0 Å². The van der Waals surface area contributed by atoms with E-state index in [0.717, 1.165) is 15.7 Å². The second-order valence-corrected chi connectivity index (χ2v) is 8.78. The van der Waals surface area contributed by atoms with Crippen LogP contribution in [0.3, 0.4) is 0 Å². The Morgan fingerprint density at radius 3 is 2.63 bits per heavy atom. The highest BCUT2D eigenvalue weighted by atomic mass is 79.9. The Labute approximate surface area is 183 Å². The largest absolute Gasteiger partial charge is 0.472 e. The normalized spacial score (nSPS) is 19.9. The van der Waals surface area contributed by atoms with E-state index in [1.165, 1.54) is 12.5 Å². The minimum absolute atomic E-state index is 0.0185. The Balaban J connectivity index is 1.30. The highest BCUT2D eigenvalue weighted by Gasteiger charge is 2.36. The average Bonchev–Trinajstić information content (AvgIpc) is 3.40. The summed E-state index contributed by atoms with van der Waals surface area (Å²) in [7, 11) is 0. The van der Waals surface area contributed by atoms with Crippen LogP contribution >= 0.6 is 15.9 Å². The van der Waals surface area contributed by atoms with Gasteiger partial charge in [-0.25, -0.2) is 0 Å². The van der Waals surface area contributed by atoms with E-state index in [1.807, 2.05) is 25.1 Å². The summed E-state index contributed by atoms with van der Waals surface area (Å²) >= 11 is 3.47. The van der Waals surface area contributed by atoms with Crippen molar-refractivity contribution in [3.8, 4) is 0 Å². The fourth-order valence-corrected chi connectivity index (χ4v) is 4.29. The van der Waals surface area contributed by atoms with Gasteiger partial charge in [0.1, 0.15) is 6.26 Å². The molecule has 1 atom stereocenters.